The van der Waals surface area contributed by atoms with Gasteiger partial charge in [0.15, 0.2) is 0 Å². The molecule has 0 bridgehead atoms. The molecule has 12 heteroatoms. The number of sulfonamides is 3. The smallest absolute Gasteiger partial charge is 0.207 e. The van der Waals surface area contributed by atoms with E-state index in [4.69, 9.17) is 0 Å². The van der Waals surface area contributed by atoms with E-state index in [1.54, 1.807) is 72.8 Å². The van der Waals surface area contributed by atoms with E-state index in [1.807, 2.05) is 20.8 Å². The van der Waals surface area contributed by atoms with Gasteiger partial charge in [-0.2, -0.15) is 12.9 Å². The third-order valence-corrected chi connectivity index (χ3v) is 15.1. The van der Waals surface area contributed by atoms with Crippen LogP contribution in [-0.4, -0.2) is 77.4 Å². The first kappa shape index (κ1) is 30.5. The summed E-state index contributed by atoms with van der Waals surface area (Å²) >= 11 is 0. The third-order valence-electron chi connectivity index (χ3n) is 9.66. The summed E-state index contributed by atoms with van der Waals surface area (Å²) in [6.07, 6.45) is 0. The van der Waals surface area contributed by atoms with Crippen molar-refractivity contribution in [1.29, 1.82) is 0 Å². The lowest BCUT2D eigenvalue weighted by atomic mass is 9.75. The van der Waals surface area contributed by atoms with E-state index in [2.05, 4.69) is 0 Å². The summed E-state index contributed by atoms with van der Waals surface area (Å²) in [7, 11) is -11.5. The summed E-state index contributed by atoms with van der Waals surface area (Å²) in [5.74, 6) is -0.501. The highest BCUT2D eigenvalue weighted by atomic mass is 32.2. The fourth-order valence-electron chi connectivity index (χ4n) is 7.09. The molecule has 45 heavy (non-hydrogen) atoms. The Morgan fingerprint density at radius 1 is 0.444 bits per heavy atom. The van der Waals surface area contributed by atoms with Crippen molar-refractivity contribution in [3.05, 3.63) is 112 Å². The number of fused-ring (bicyclic) bond motifs is 4. The summed E-state index contributed by atoms with van der Waals surface area (Å²) in [5, 5.41) is 0. The molecule has 4 aliphatic rings. The molecule has 0 N–H and O–H groups in total. The quantitative estimate of drug-likeness (QED) is 0.396. The number of rotatable bonds is 6. The van der Waals surface area contributed by atoms with Crippen LogP contribution in [0.1, 0.15) is 16.7 Å². The summed E-state index contributed by atoms with van der Waals surface area (Å²) < 4.78 is 87.3. The topological polar surface area (TPSA) is 112 Å². The van der Waals surface area contributed by atoms with E-state index in [-0.39, 0.29) is 65.8 Å². The van der Waals surface area contributed by atoms with Gasteiger partial charge in [0.25, 0.3) is 0 Å². The summed E-state index contributed by atoms with van der Waals surface area (Å²) in [6.45, 7) is 6.64. The molecule has 3 saturated heterocycles. The van der Waals surface area contributed by atoms with E-state index in [1.165, 1.54) is 12.9 Å². The third kappa shape index (κ3) is 5.02. The minimum absolute atomic E-state index is 0.122. The van der Waals surface area contributed by atoms with Crippen molar-refractivity contribution in [3.63, 3.8) is 0 Å². The Kier molecular flexibility index (Phi) is 7.27. The van der Waals surface area contributed by atoms with Crippen LogP contribution < -0.4 is 0 Å². The van der Waals surface area contributed by atoms with Gasteiger partial charge in [-0.15, -0.1) is 0 Å². The number of hydrogen-bond donors (Lipinski definition) is 0. The molecular formula is C33H35N3O6S3. The first-order chi connectivity index (χ1) is 21.3. The zero-order valence-electron chi connectivity index (χ0n) is 25.3. The van der Waals surface area contributed by atoms with Crippen LogP contribution in [0.25, 0.3) is 0 Å². The average Bonchev–Trinajstić information content (AvgIpc) is 3.75. The second-order valence-electron chi connectivity index (χ2n) is 12.5. The molecule has 0 aromatic heterocycles. The molecule has 0 saturated carbocycles. The largest absolute Gasteiger partial charge is 0.243 e. The Labute approximate surface area is 265 Å². The van der Waals surface area contributed by atoms with E-state index < -0.39 is 30.1 Å². The maximum atomic E-state index is 13.8. The van der Waals surface area contributed by atoms with Gasteiger partial charge in [-0.05, 0) is 79.5 Å². The van der Waals surface area contributed by atoms with Gasteiger partial charge in [-0.25, -0.2) is 25.3 Å². The lowest BCUT2D eigenvalue weighted by Gasteiger charge is -2.28. The van der Waals surface area contributed by atoms with Crippen LogP contribution in [0.3, 0.4) is 0 Å². The van der Waals surface area contributed by atoms with Gasteiger partial charge in [-0.1, -0.05) is 53.1 Å². The highest BCUT2D eigenvalue weighted by molar-refractivity contribution is 7.89. The van der Waals surface area contributed by atoms with E-state index in [9.17, 15) is 25.3 Å². The molecule has 9 nitrogen and oxygen atoms in total. The van der Waals surface area contributed by atoms with Crippen LogP contribution in [0.5, 0.6) is 0 Å². The van der Waals surface area contributed by atoms with Gasteiger partial charge in [0.1, 0.15) is 0 Å². The van der Waals surface area contributed by atoms with Crippen molar-refractivity contribution in [3.8, 4) is 0 Å². The molecule has 7 rings (SSSR count). The number of hydrogen-bond acceptors (Lipinski definition) is 6. The van der Waals surface area contributed by atoms with Crippen molar-refractivity contribution < 1.29 is 25.3 Å². The predicted molar refractivity (Wildman–Crippen MR) is 171 cm³/mol. The minimum Gasteiger partial charge on any atom is -0.207 e. The van der Waals surface area contributed by atoms with Crippen molar-refractivity contribution in [2.45, 2.75) is 35.5 Å². The molecule has 3 aromatic rings. The Balaban J connectivity index is 1.29. The Hall–Kier alpha value is -3.13. The van der Waals surface area contributed by atoms with Crippen LogP contribution in [0.2, 0.25) is 0 Å². The van der Waals surface area contributed by atoms with Gasteiger partial charge in [0.05, 0.1) is 14.7 Å². The summed E-state index contributed by atoms with van der Waals surface area (Å²) in [5.41, 5.74) is 6.31. The molecule has 0 radical (unpaired) electrons. The zero-order chi connectivity index (χ0) is 31.9. The molecule has 236 valence electrons. The lowest BCUT2D eigenvalue weighted by molar-refractivity contribution is 0.383. The number of aryl methyl sites for hydroxylation is 3. The van der Waals surface area contributed by atoms with Crippen molar-refractivity contribution >= 4 is 30.1 Å². The van der Waals surface area contributed by atoms with Crippen LogP contribution in [0, 0.1) is 32.6 Å². The monoisotopic (exact) mass is 665 g/mol. The Morgan fingerprint density at radius 3 is 1.04 bits per heavy atom. The molecule has 0 amide bonds. The van der Waals surface area contributed by atoms with Crippen LogP contribution in [0.15, 0.2) is 110 Å². The van der Waals surface area contributed by atoms with Crippen LogP contribution in [-0.2, 0) is 30.1 Å². The van der Waals surface area contributed by atoms with Gasteiger partial charge < -0.3 is 0 Å². The van der Waals surface area contributed by atoms with E-state index in [0.29, 0.717) is 0 Å². The summed E-state index contributed by atoms with van der Waals surface area (Å²) in [6, 6.07) is 20.2. The fraction of sp³-hybridized carbons (Fsp3) is 0.333. The molecule has 0 unspecified atom stereocenters. The minimum atomic E-state index is -3.85. The average molecular weight is 666 g/mol. The molecule has 1 aliphatic carbocycles. The summed E-state index contributed by atoms with van der Waals surface area (Å²) in [4.78, 5) is 0.604. The molecule has 3 aromatic carbocycles. The van der Waals surface area contributed by atoms with Crippen LogP contribution in [0.4, 0.5) is 0 Å². The van der Waals surface area contributed by atoms with E-state index in [0.717, 1.165) is 39.0 Å². The lowest BCUT2D eigenvalue weighted by Crippen LogP contribution is -2.32. The van der Waals surface area contributed by atoms with E-state index >= 15 is 0 Å². The zero-order valence-corrected chi connectivity index (χ0v) is 27.8. The second kappa shape index (κ2) is 10.7. The highest BCUT2D eigenvalue weighted by Gasteiger charge is 2.52. The molecule has 3 aliphatic heterocycles. The normalized spacial score (nSPS) is 23.0. The second-order valence-corrected chi connectivity index (χ2v) is 18.3. The number of benzene rings is 3. The van der Waals surface area contributed by atoms with Gasteiger partial charge >= 0.3 is 0 Å². The molecule has 3 heterocycles. The Bertz CT molecular complexity index is 1970. The first-order valence-electron chi connectivity index (χ1n) is 14.9. The molecular weight excluding hydrogens is 631 g/mol. The molecule has 0 spiro atoms. The standard InChI is InChI=1S/C33H35N3O6S3/c1-22-4-10-25(11-5-22)43(37,38)34-16-28-29(17-34)31-19-36(45(41,42)27-14-8-24(3)9-15-27)21-33(31)32-20-35(18-30(28)32)44(39,40)26-12-6-23(2)7-13-26/h4-15,28,30H,16-21H2,1-3H3/t28-,30-. The predicted octanol–water partition coefficient (Wildman–Crippen LogP) is 3.86. The van der Waals surface area contributed by atoms with Crippen molar-refractivity contribution in [2.75, 3.05) is 39.3 Å². The Morgan fingerprint density at radius 2 is 0.733 bits per heavy atom. The van der Waals surface area contributed by atoms with Crippen molar-refractivity contribution in [1.82, 2.24) is 12.9 Å². The molecule has 2 atom stereocenters. The highest BCUT2D eigenvalue weighted by Crippen LogP contribution is 2.50. The van der Waals surface area contributed by atoms with Gasteiger partial charge in [0.2, 0.25) is 30.1 Å². The SMILES string of the molecule is Cc1ccc(S(=O)(=O)N2CC3=C4CN(S(=O)(=O)c5ccc(C)cc5)C[C@H]4[C@H]4CN(S(=O)(=O)c5ccc(C)cc5)CC4=C3C2)cc1. The number of nitrogens with zero attached hydrogens (tertiary/aromatic N) is 3. The van der Waals surface area contributed by atoms with Crippen LogP contribution >= 0.6 is 0 Å². The fourth-order valence-corrected chi connectivity index (χ4v) is 11.4. The van der Waals surface area contributed by atoms with Gasteiger partial charge in [-0.3, -0.25) is 0 Å². The molecule has 3 fully saturated rings. The first-order valence-corrected chi connectivity index (χ1v) is 19.2. The van der Waals surface area contributed by atoms with Gasteiger partial charge in [0, 0.05) is 51.1 Å². The maximum Gasteiger partial charge on any atom is 0.243 e. The van der Waals surface area contributed by atoms with Crippen molar-refractivity contribution in [2.24, 2.45) is 11.8 Å². The maximum absolute atomic E-state index is 13.8.